The van der Waals surface area contributed by atoms with E-state index in [0.717, 1.165) is 77.0 Å². The number of carbonyl (C=O) groups is 2. The van der Waals surface area contributed by atoms with Gasteiger partial charge in [-0.05, 0) is 51.4 Å². The van der Waals surface area contributed by atoms with E-state index in [1.165, 1.54) is 186 Å². The lowest BCUT2D eigenvalue weighted by Gasteiger charge is -2.15. The van der Waals surface area contributed by atoms with Crippen LogP contribution in [0.1, 0.15) is 290 Å². The zero-order valence-corrected chi connectivity index (χ0v) is 42.1. The molecule has 0 aromatic heterocycles. The molecule has 0 aromatic carbocycles. The van der Waals surface area contributed by atoms with Crippen LogP contribution in [-0.2, 0) is 19.1 Å². The van der Waals surface area contributed by atoms with Gasteiger partial charge in [0.2, 0.25) is 0 Å². The summed E-state index contributed by atoms with van der Waals surface area (Å²) < 4.78 is 10.7. The SMILES string of the molecule is CC/C=C\C/C=C\C/C=C\C/C=C\CCCCCCC(=O)OC(CO)COC(=O)CCCCCCCCCCCCCCCCCCCCCCCCCCCCCCCCCC. The summed E-state index contributed by atoms with van der Waals surface area (Å²) in [6.07, 6.45) is 71.0. The molecule has 0 aliphatic heterocycles. The summed E-state index contributed by atoms with van der Waals surface area (Å²) in [5, 5.41) is 9.62. The molecule has 5 nitrogen and oxygen atoms in total. The van der Waals surface area contributed by atoms with Gasteiger partial charge in [0.15, 0.2) is 6.10 Å². The quantitative estimate of drug-likeness (QED) is 0.0374. The first-order valence-electron chi connectivity index (χ1n) is 27.7. The van der Waals surface area contributed by atoms with Gasteiger partial charge in [0.05, 0.1) is 6.61 Å². The zero-order chi connectivity index (χ0) is 45.6. The fraction of sp³-hybridized carbons (Fsp3) is 0.828. The monoisotopic (exact) mass is 883 g/mol. The normalized spacial score (nSPS) is 12.5. The number of hydrogen-bond donors (Lipinski definition) is 1. The molecule has 0 saturated heterocycles. The molecule has 0 spiro atoms. The van der Waals surface area contributed by atoms with E-state index in [1.807, 2.05) is 0 Å². The number of aliphatic hydroxyl groups excluding tert-OH is 1. The van der Waals surface area contributed by atoms with Crippen LogP contribution in [0.4, 0.5) is 0 Å². The maximum absolute atomic E-state index is 12.2. The van der Waals surface area contributed by atoms with Gasteiger partial charge in [0.1, 0.15) is 6.61 Å². The fourth-order valence-corrected chi connectivity index (χ4v) is 8.26. The van der Waals surface area contributed by atoms with Crippen molar-refractivity contribution in [3.63, 3.8) is 0 Å². The summed E-state index contributed by atoms with van der Waals surface area (Å²) in [6, 6.07) is 0. The molecule has 63 heavy (non-hydrogen) atoms. The van der Waals surface area contributed by atoms with Crippen LogP contribution in [0.5, 0.6) is 0 Å². The van der Waals surface area contributed by atoms with Gasteiger partial charge in [-0.15, -0.1) is 0 Å². The van der Waals surface area contributed by atoms with E-state index in [0.29, 0.717) is 12.8 Å². The lowest BCUT2D eigenvalue weighted by Crippen LogP contribution is -2.28. The minimum absolute atomic E-state index is 0.0738. The van der Waals surface area contributed by atoms with Crippen LogP contribution in [0.25, 0.3) is 0 Å². The Bertz CT molecular complexity index is 1040. The number of esters is 2. The summed E-state index contributed by atoms with van der Waals surface area (Å²) in [5.74, 6) is -0.608. The van der Waals surface area contributed by atoms with Crippen molar-refractivity contribution in [3.05, 3.63) is 48.6 Å². The Labute approximate surface area is 392 Å². The van der Waals surface area contributed by atoms with E-state index in [-0.39, 0.29) is 25.2 Å². The molecule has 0 aromatic rings. The van der Waals surface area contributed by atoms with Crippen LogP contribution >= 0.6 is 0 Å². The van der Waals surface area contributed by atoms with Gasteiger partial charge < -0.3 is 14.6 Å². The van der Waals surface area contributed by atoms with E-state index >= 15 is 0 Å². The average Bonchev–Trinajstić information content (AvgIpc) is 3.29. The molecule has 0 radical (unpaired) electrons. The number of unbranched alkanes of at least 4 members (excludes halogenated alkanes) is 35. The van der Waals surface area contributed by atoms with E-state index < -0.39 is 6.10 Å². The molecule has 0 aliphatic carbocycles. The van der Waals surface area contributed by atoms with Gasteiger partial charge in [0.25, 0.3) is 0 Å². The predicted octanol–water partition coefficient (Wildman–Crippen LogP) is 18.5. The average molecular weight is 883 g/mol. The standard InChI is InChI=1S/C58H106O5/c1-3-5-7-9-11-13-15-17-19-21-22-23-24-25-26-27-28-29-30-31-32-33-34-35-37-38-40-42-44-46-48-50-52-57(60)62-55-56(54-59)63-58(61)53-51-49-47-45-43-41-39-36-20-18-16-14-12-10-8-6-4-2/h6,8,12,14,18,20,39,41,56,59H,3-5,7,9-11,13,15-17,19,21-38,40,42-55H2,1-2H3/b8-6-,14-12-,20-18-,41-39-. The lowest BCUT2D eigenvalue weighted by atomic mass is 10.0. The van der Waals surface area contributed by atoms with E-state index in [9.17, 15) is 14.7 Å². The van der Waals surface area contributed by atoms with Crippen LogP contribution in [0.15, 0.2) is 48.6 Å². The van der Waals surface area contributed by atoms with Gasteiger partial charge >= 0.3 is 11.9 Å². The molecular weight excluding hydrogens is 777 g/mol. The van der Waals surface area contributed by atoms with Gasteiger partial charge in [-0.3, -0.25) is 9.59 Å². The van der Waals surface area contributed by atoms with Gasteiger partial charge in [0, 0.05) is 12.8 Å². The lowest BCUT2D eigenvalue weighted by molar-refractivity contribution is -0.161. The van der Waals surface area contributed by atoms with Crippen molar-refractivity contribution in [2.45, 2.75) is 296 Å². The molecule has 1 N–H and O–H groups in total. The maximum Gasteiger partial charge on any atom is 0.306 e. The highest BCUT2D eigenvalue weighted by molar-refractivity contribution is 5.70. The smallest absolute Gasteiger partial charge is 0.306 e. The molecule has 0 rings (SSSR count). The third-order valence-corrected chi connectivity index (χ3v) is 12.4. The fourth-order valence-electron chi connectivity index (χ4n) is 8.26. The highest BCUT2D eigenvalue weighted by Gasteiger charge is 2.16. The van der Waals surface area contributed by atoms with Crippen molar-refractivity contribution < 1.29 is 24.2 Å². The largest absolute Gasteiger partial charge is 0.462 e. The molecule has 0 aliphatic rings. The summed E-state index contributed by atoms with van der Waals surface area (Å²) in [4.78, 5) is 24.4. The third kappa shape index (κ3) is 52.4. The molecule has 1 atom stereocenters. The molecular formula is C58H106O5. The highest BCUT2D eigenvalue weighted by atomic mass is 16.6. The summed E-state index contributed by atoms with van der Waals surface area (Å²) in [5.41, 5.74) is 0. The third-order valence-electron chi connectivity index (χ3n) is 12.4. The van der Waals surface area contributed by atoms with E-state index in [2.05, 4.69) is 62.5 Å². The second-order valence-corrected chi connectivity index (χ2v) is 18.6. The minimum Gasteiger partial charge on any atom is -0.462 e. The molecule has 1 unspecified atom stereocenters. The van der Waals surface area contributed by atoms with Gasteiger partial charge in [-0.2, -0.15) is 0 Å². The number of carbonyl (C=O) groups excluding carboxylic acids is 2. The predicted molar refractivity (Wildman–Crippen MR) is 274 cm³/mol. The summed E-state index contributed by atoms with van der Waals surface area (Å²) in [7, 11) is 0. The van der Waals surface area contributed by atoms with Crippen molar-refractivity contribution in [1.82, 2.24) is 0 Å². The number of allylic oxidation sites excluding steroid dienone is 8. The Morgan fingerprint density at radius 2 is 0.683 bits per heavy atom. The molecule has 0 bridgehead atoms. The van der Waals surface area contributed by atoms with Crippen molar-refractivity contribution in [3.8, 4) is 0 Å². The molecule has 368 valence electrons. The van der Waals surface area contributed by atoms with Crippen molar-refractivity contribution in [1.29, 1.82) is 0 Å². The van der Waals surface area contributed by atoms with Gasteiger partial charge in [-0.1, -0.05) is 274 Å². The first-order valence-corrected chi connectivity index (χ1v) is 27.7. The topological polar surface area (TPSA) is 72.8 Å². The van der Waals surface area contributed by atoms with E-state index in [1.54, 1.807) is 0 Å². The van der Waals surface area contributed by atoms with Gasteiger partial charge in [-0.25, -0.2) is 0 Å². The highest BCUT2D eigenvalue weighted by Crippen LogP contribution is 2.17. The van der Waals surface area contributed by atoms with E-state index in [4.69, 9.17) is 9.47 Å². The Morgan fingerprint density at radius 1 is 0.381 bits per heavy atom. The first-order chi connectivity index (χ1) is 31.1. The first kappa shape index (κ1) is 60.9. The van der Waals surface area contributed by atoms with Crippen molar-refractivity contribution in [2.75, 3.05) is 13.2 Å². The number of ether oxygens (including phenoxy) is 2. The Hall–Kier alpha value is -2.14. The number of hydrogen-bond acceptors (Lipinski definition) is 5. The zero-order valence-electron chi connectivity index (χ0n) is 42.1. The molecule has 0 amide bonds. The van der Waals surface area contributed by atoms with Crippen LogP contribution in [0.3, 0.4) is 0 Å². The summed E-state index contributed by atoms with van der Waals surface area (Å²) >= 11 is 0. The number of rotatable bonds is 51. The summed E-state index contributed by atoms with van der Waals surface area (Å²) in [6.45, 7) is 4.04. The molecule has 5 heteroatoms. The second-order valence-electron chi connectivity index (χ2n) is 18.6. The Morgan fingerprint density at radius 3 is 1.03 bits per heavy atom. The Balaban J connectivity index is 3.42. The van der Waals surface area contributed by atoms with Crippen LogP contribution < -0.4 is 0 Å². The second kappa shape index (κ2) is 54.2. The Kier molecular flexibility index (Phi) is 52.4. The number of aliphatic hydroxyl groups is 1. The molecule has 0 heterocycles. The van der Waals surface area contributed by atoms with Crippen molar-refractivity contribution >= 4 is 11.9 Å². The van der Waals surface area contributed by atoms with Crippen molar-refractivity contribution in [2.24, 2.45) is 0 Å². The minimum atomic E-state index is -0.784. The molecule has 0 saturated carbocycles. The van der Waals surface area contributed by atoms with Crippen LogP contribution in [0.2, 0.25) is 0 Å². The molecule has 0 fully saturated rings. The van der Waals surface area contributed by atoms with Crippen LogP contribution in [-0.4, -0.2) is 36.4 Å². The maximum atomic E-state index is 12.2. The van der Waals surface area contributed by atoms with Crippen LogP contribution in [0, 0.1) is 0 Å².